The summed E-state index contributed by atoms with van der Waals surface area (Å²) in [4.78, 5) is 26.6. The molecular weight excluding hydrogens is 409 g/mol. The van der Waals surface area contributed by atoms with Crippen molar-refractivity contribution >= 4 is 17.1 Å². The number of aromatic amines is 1. The van der Waals surface area contributed by atoms with Crippen LogP contribution in [0.2, 0.25) is 0 Å². The number of nitrogens with zero attached hydrogens (tertiary/aromatic N) is 3. The zero-order valence-electron chi connectivity index (χ0n) is 17.4. The first-order valence-corrected chi connectivity index (χ1v) is 10.8. The number of pyridine rings is 1. The third-order valence-corrected chi connectivity index (χ3v) is 6.38. The Morgan fingerprint density at radius 2 is 1.87 bits per heavy atom. The Kier molecular flexibility index (Phi) is 6.31. The van der Waals surface area contributed by atoms with Gasteiger partial charge in [0.25, 0.3) is 0 Å². The lowest BCUT2D eigenvalue weighted by atomic mass is 9.89. The Hall–Kier alpha value is -2.42. The van der Waals surface area contributed by atoms with Crippen molar-refractivity contribution in [2.24, 2.45) is 0 Å². The van der Waals surface area contributed by atoms with Crippen LogP contribution in [0.5, 0.6) is 0 Å². The maximum absolute atomic E-state index is 12.6. The number of piperidine rings is 1. The van der Waals surface area contributed by atoms with Crippen LogP contribution in [0, 0.1) is 0 Å². The number of hydrogen-bond acceptors (Lipinski definition) is 4. The molecule has 0 radical (unpaired) electrons. The maximum Gasteiger partial charge on any atom is 0.412 e. The van der Waals surface area contributed by atoms with Gasteiger partial charge in [0.1, 0.15) is 5.82 Å². The lowest BCUT2D eigenvalue weighted by Crippen LogP contribution is -2.38. The van der Waals surface area contributed by atoms with Gasteiger partial charge in [0.05, 0.1) is 5.52 Å². The van der Waals surface area contributed by atoms with E-state index in [1.165, 1.54) is 0 Å². The Bertz CT molecular complexity index is 942. The molecule has 0 unspecified atom stereocenters. The van der Waals surface area contributed by atoms with Crippen LogP contribution in [-0.4, -0.2) is 58.2 Å². The molecule has 1 N–H and O–H groups in total. The number of nitrogens with one attached hydrogen (secondary N) is 1. The van der Waals surface area contributed by atoms with Gasteiger partial charge < -0.3 is 14.6 Å². The number of allylic oxidation sites excluding steroid dienone is 1. The van der Waals surface area contributed by atoms with E-state index >= 15 is 0 Å². The van der Waals surface area contributed by atoms with Crippen LogP contribution < -0.4 is 0 Å². The molecule has 2 saturated heterocycles. The molecule has 2 aromatic rings. The molecule has 4 heterocycles. The Labute approximate surface area is 178 Å². The van der Waals surface area contributed by atoms with Gasteiger partial charge in [0.2, 0.25) is 5.91 Å². The van der Waals surface area contributed by atoms with Gasteiger partial charge in [0.15, 0.2) is 5.65 Å². The van der Waals surface area contributed by atoms with Crippen molar-refractivity contribution in [3.05, 3.63) is 35.8 Å². The molecule has 2 aliphatic rings. The second-order valence-electron chi connectivity index (χ2n) is 8.36. The molecule has 2 fully saturated rings. The molecule has 0 atom stereocenters. The van der Waals surface area contributed by atoms with E-state index in [9.17, 15) is 18.0 Å². The van der Waals surface area contributed by atoms with Crippen molar-refractivity contribution in [3.63, 3.8) is 0 Å². The number of rotatable bonds is 5. The summed E-state index contributed by atoms with van der Waals surface area (Å²) in [5, 5.41) is 0. The van der Waals surface area contributed by atoms with Gasteiger partial charge in [-0.3, -0.25) is 4.79 Å². The third-order valence-electron chi connectivity index (χ3n) is 6.38. The van der Waals surface area contributed by atoms with E-state index in [2.05, 4.69) is 16.5 Å². The molecule has 4 rings (SSSR count). The van der Waals surface area contributed by atoms with Crippen LogP contribution in [0.3, 0.4) is 0 Å². The van der Waals surface area contributed by atoms with Crippen molar-refractivity contribution in [1.29, 1.82) is 0 Å². The lowest BCUT2D eigenvalue weighted by molar-refractivity contribution is -0.132. The van der Waals surface area contributed by atoms with Gasteiger partial charge in [-0.1, -0.05) is 6.58 Å². The van der Waals surface area contributed by atoms with E-state index < -0.39 is 11.7 Å². The Morgan fingerprint density at radius 1 is 1.16 bits per heavy atom. The zero-order valence-corrected chi connectivity index (χ0v) is 17.4. The average Bonchev–Trinajstić information content (AvgIpc) is 3.22. The number of carbonyl (C=O) groups is 1. The number of carbonyl (C=O) groups excluding carboxylic acids is 1. The smallest absolute Gasteiger partial charge is 0.381 e. The van der Waals surface area contributed by atoms with E-state index in [0.29, 0.717) is 24.7 Å². The molecular formula is C22H27F3N4O2. The minimum atomic E-state index is -4.44. The fourth-order valence-corrected chi connectivity index (χ4v) is 4.45. The van der Waals surface area contributed by atoms with E-state index in [1.807, 2.05) is 6.07 Å². The SMILES string of the molecule is C=C(CCC(=O)N1CCC(c2ccnc3nc(C4CCOCC4)[nH]c23)CC1)C(F)(F)F. The van der Waals surface area contributed by atoms with Crippen LogP contribution in [0.4, 0.5) is 13.2 Å². The fraction of sp³-hybridized carbons (Fsp3) is 0.591. The van der Waals surface area contributed by atoms with Crippen molar-refractivity contribution in [3.8, 4) is 0 Å². The molecule has 1 amide bonds. The van der Waals surface area contributed by atoms with Crippen LogP contribution in [0.15, 0.2) is 24.4 Å². The van der Waals surface area contributed by atoms with Crippen LogP contribution in [0.25, 0.3) is 11.2 Å². The van der Waals surface area contributed by atoms with Gasteiger partial charge in [-0.15, -0.1) is 0 Å². The topological polar surface area (TPSA) is 71.1 Å². The molecule has 6 nitrogen and oxygen atoms in total. The van der Waals surface area contributed by atoms with Crippen LogP contribution in [0.1, 0.15) is 61.7 Å². The minimum Gasteiger partial charge on any atom is -0.381 e. The lowest BCUT2D eigenvalue weighted by Gasteiger charge is -2.32. The molecule has 0 bridgehead atoms. The van der Waals surface area contributed by atoms with Crippen molar-refractivity contribution < 1.29 is 22.7 Å². The van der Waals surface area contributed by atoms with Gasteiger partial charge >= 0.3 is 6.18 Å². The van der Waals surface area contributed by atoms with Crippen molar-refractivity contribution in [1.82, 2.24) is 19.9 Å². The summed E-state index contributed by atoms with van der Waals surface area (Å²) < 4.78 is 43.2. The van der Waals surface area contributed by atoms with E-state index in [-0.39, 0.29) is 24.7 Å². The molecule has 0 aliphatic carbocycles. The number of imidazole rings is 1. The summed E-state index contributed by atoms with van der Waals surface area (Å²) in [7, 11) is 0. The number of likely N-dealkylation sites (tertiary alicyclic amines) is 1. The first-order chi connectivity index (χ1) is 14.8. The van der Waals surface area contributed by atoms with Crippen LogP contribution >= 0.6 is 0 Å². The van der Waals surface area contributed by atoms with Gasteiger partial charge in [-0.2, -0.15) is 13.2 Å². The highest BCUT2D eigenvalue weighted by atomic mass is 19.4. The number of fused-ring (bicyclic) bond motifs is 1. The van der Waals surface area contributed by atoms with Gasteiger partial charge in [-0.25, -0.2) is 9.97 Å². The first kappa shape index (κ1) is 21.8. The van der Waals surface area contributed by atoms with E-state index in [4.69, 9.17) is 9.72 Å². The monoisotopic (exact) mass is 436 g/mol. The number of amides is 1. The van der Waals surface area contributed by atoms with Crippen molar-refractivity contribution in [2.75, 3.05) is 26.3 Å². The molecule has 2 aromatic heterocycles. The van der Waals surface area contributed by atoms with Crippen LogP contribution in [-0.2, 0) is 9.53 Å². The number of halogens is 3. The third kappa shape index (κ3) is 4.92. The molecule has 0 aromatic carbocycles. The zero-order chi connectivity index (χ0) is 22.0. The summed E-state index contributed by atoms with van der Waals surface area (Å²) in [6, 6.07) is 2.00. The first-order valence-electron chi connectivity index (χ1n) is 10.8. The molecule has 0 saturated carbocycles. The van der Waals surface area contributed by atoms with E-state index in [1.54, 1.807) is 11.1 Å². The quantitative estimate of drug-likeness (QED) is 0.703. The Morgan fingerprint density at radius 3 is 2.55 bits per heavy atom. The molecule has 168 valence electrons. The highest BCUT2D eigenvalue weighted by Gasteiger charge is 2.32. The Balaban J connectivity index is 1.39. The number of aromatic nitrogens is 3. The normalized spacial score (nSPS) is 19.1. The summed E-state index contributed by atoms with van der Waals surface area (Å²) in [6.45, 7) is 5.59. The average molecular weight is 436 g/mol. The highest BCUT2D eigenvalue weighted by Crippen LogP contribution is 2.34. The molecule has 0 spiro atoms. The van der Waals surface area contributed by atoms with Crippen molar-refractivity contribution in [2.45, 2.75) is 56.5 Å². The van der Waals surface area contributed by atoms with E-state index in [0.717, 1.165) is 55.8 Å². The second-order valence-corrected chi connectivity index (χ2v) is 8.36. The summed E-state index contributed by atoms with van der Waals surface area (Å²) in [5.41, 5.74) is 1.96. The molecule has 9 heteroatoms. The predicted octanol–water partition coefficient (Wildman–Crippen LogP) is 4.46. The summed E-state index contributed by atoms with van der Waals surface area (Å²) >= 11 is 0. The minimum absolute atomic E-state index is 0.155. The summed E-state index contributed by atoms with van der Waals surface area (Å²) in [6.07, 6.45) is 0.230. The molecule has 31 heavy (non-hydrogen) atoms. The standard InChI is InChI=1S/C22H27F3N4O2/c1-14(22(23,24)25)2-3-18(30)29-10-5-15(6-11-29)17-4-9-26-21-19(17)27-20(28-21)16-7-12-31-13-8-16/h4,9,15-16H,1-3,5-8,10-13H2,(H,26,27,28). The second kappa shape index (κ2) is 8.98. The fourth-order valence-electron chi connectivity index (χ4n) is 4.45. The maximum atomic E-state index is 12.6. The number of alkyl halides is 3. The predicted molar refractivity (Wildman–Crippen MR) is 110 cm³/mol. The van der Waals surface area contributed by atoms with Gasteiger partial charge in [0, 0.05) is 50.4 Å². The summed E-state index contributed by atoms with van der Waals surface area (Å²) in [5.74, 6) is 1.31. The highest BCUT2D eigenvalue weighted by molar-refractivity contribution is 5.77. The number of H-pyrrole nitrogens is 1. The number of ether oxygens (including phenoxy) is 1. The largest absolute Gasteiger partial charge is 0.412 e. The van der Waals surface area contributed by atoms with Gasteiger partial charge in [-0.05, 0) is 49.7 Å². The number of hydrogen-bond donors (Lipinski definition) is 1. The molecule has 2 aliphatic heterocycles.